The second-order valence-corrected chi connectivity index (χ2v) is 16.1. The van der Waals surface area contributed by atoms with E-state index < -0.39 is 0 Å². The Morgan fingerprint density at radius 1 is 0.533 bits per heavy atom. The maximum Gasteiger partial charge on any atom is 0.120 e. The molecule has 0 heterocycles. The lowest BCUT2D eigenvalue weighted by atomic mass is 9.72. The van der Waals surface area contributed by atoms with Crippen molar-refractivity contribution in [1.82, 2.24) is 0 Å². The summed E-state index contributed by atoms with van der Waals surface area (Å²) < 4.78 is 8.47. The Bertz CT molecular complexity index is 1510. The molecule has 2 spiro atoms. The lowest BCUT2D eigenvalue weighted by molar-refractivity contribution is 0.0657. The van der Waals surface area contributed by atoms with Crippen LogP contribution in [0.25, 0.3) is 21.5 Å². The summed E-state index contributed by atoms with van der Waals surface area (Å²) >= 11 is 6.92. The number of rotatable bonds is 2. The van der Waals surface area contributed by atoms with Crippen molar-refractivity contribution in [2.45, 2.75) is 115 Å². The first-order valence-electron chi connectivity index (χ1n) is 17.2. The van der Waals surface area contributed by atoms with Gasteiger partial charge in [-0.15, -0.1) is 0 Å². The molecule has 0 aliphatic heterocycles. The first-order valence-corrected chi connectivity index (χ1v) is 18.8. The molecule has 3 nitrogen and oxygen atoms in total. The summed E-state index contributed by atoms with van der Waals surface area (Å²) in [6.07, 6.45) is 22.0. The van der Waals surface area contributed by atoms with Gasteiger partial charge in [0.25, 0.3) is 0 Å². The standard InChI is InChI=1S/C20H23BrO.C10H7BrO.C10H18O/c21-17-5-3-16-14-19(6-4-15(16)13-17)22-18-7-11-20(12-8-18)9-1-2-10-20;11-9-3-1-8-6-10(12)4-2-7(8)5-9;11-9-3-7-10(8-4-9)5-1-2-6-10/h3-6,13-14,18H,1-2,7-12H2;1-6,12H;9,11H,1-8H2. The van der Waals surface area contributed by atoms with Crippen molar-refractivity contribution < 1.29 is 14.9 Å². The minimum atomic E-state index is 0.0289. The molecule has 4 fully saturated rings. The lowest BCUT2D eigenvalue weighted by Gasteiger charge is -2.37. The van der Waals surface area contributed by atoms with Gasteiger partial charge in [-0.2, -0.15) is 0 Å². The summed E-state index contributed by atoms with van der Waals surface area (Å²) in [5.74, 6) is 1.34. The summed E-state index contributed by atoms with van der Waals surface area (Å²) in [6.45, 7) is 0. The Balaban J connectivity index is 0.000000131. The molecular weight excluding hydrogens is 688 g/mol. The van der Waals surface area contributed by atoms with Gasteiger partial charge >= 0.3 is 0 Å². The van der Waals surface area contributed by atoms with E-state index in [-0.39, 0.29) is 6.10 Å². The van der Waals surface area contributed by atoms with Crippen molar-refractivity contribution in [3.05, 3.63) is 81.7 Å². The molecule has 240 valence electrons. The van der Waals surface area contributed by atoms with Crippen LogP contribution in [-0.2, 0) is 0 Å². The maximum absolute atomic E-state index is 9.35. The van der Waals surface area contributed by atoms with Crippen molar-refractivity contribution in [3.63, 3.8) is 0 Å². The number of hydrogen-bond acceptors (Lipinski definition) is 3. The van der Waals surface area contributed by atoms with E-state index in [0.717, 1.165) is 38.3 Å². The minimum absolute atomic E-state index is 0.0289. The van der Waals surface area contributed by atoms with Gasteiger partial charge in [0.2, 0.25) is 0 Å². The highest BCUT2D eigenvalue weighted by molar-refractivity contribution is 9.10. The van der Waals surface area contributed by atoms with Crippen LogP contribution in [0.15, 0.2) is 81.7 Å². The van der Waals surface area contributed by atoms with Crippen LogP contribution in [-0.4, -0.2) is 22.4 Å². The van der Waals surface area contributed by atoms with E-state index >= 15 is 0 Å². The van der Waals surface area contributed by atoms with Crippen LogP contribution in [0.3, 0.4) is 0 Å². The van der Waals surface area contributed by atoms with Gasteiger partial charge in [0.15, 0.2) is 0 Å². The molecule has 4 aliphatic carbocycles. The average Bonchev–Trinajstić information content (AvgIpc) is 3.71. The number of aliphatic hydroxyl groups excluding tert-OH is 1. The molecule has 2 N–H and O–H groups in total. The van der Waals surface area contributed by atoms with Crippen LogP contribution in [0.5, 0.6) is 11.5 Å². The quantitative estimate of drug-likeness (QED) is 0.215. The number of aromatic hydroxyl groups is 1. The summed E-state index contributed by atoms with van der Waals surface area (Å²) in [5.41, 5.74) is 1.38. The highest BCUT2D eigenvalue weighted by atomic mass is 79.9. The molecule has 4 aliphatic rings. The summed E-state index contributed by atoms with van der Waals surface area (Å²) in [6, 6.07) is 24.2. The molecule has 4 aromatic carbocycles. The summed E-state index contributed by atoms with van der Waals surface area (Å²) in [7, 11) is 0. The molecule has 0 radical (unpaired) electrons. The third kappa shape index (κ3) is 8.64. The third-order valence-corrected chi connectivity index (χ3v) is 12.2. The third-order valence-electron chi connectivity index (χ3n) is 11.2. The van der Waals surface area contributed by atoms with Crippen molar-refractivity contribution in [1.29, 1.82) is 0 Å². The Hall–Kier alpha value is -2.08. The Labute approximate surface area is 286 Å². The molecule has 0 atom stereocenters. The van der Waals surface area contributed by atoms with E-state index in [1.807, 2.05) is 24.3 Å². The molecule has 5 heteroatoms. The largest absolute Gasteiger partial charge is 0.508 e. The topological polar surface area (TPSA) is 49.7 Å². The van der Waals surface area contributed by atoms with E-state index in [0.29, 0.717) is 22.7 Å². The predicted molar refractivity (Wildman–Crippen MR) is 194 cm³/mol. The molecule has 0 aromatic heterocycles. The normalized spacial score (nSPS) is 22.2. The number of ether oxygens (including phenoxy) is 1. The highest BCUT2D eigenvalue weighted by Gasteiger charge is 2.38. The number of benzene rings is 4. The number of fused-ring (bicyclic) bond motifs is 2. The zero-order chi connectivity index (χ0) is 31.3. The molecule has 4 saturated carbocycles. The van der Waals surface area contributed by atoms with Crippen molar-refractivity contribution in [2.75, 3.05) is 0 Å². The molecular formula is C40H48Br2O3. The highest BCUT2D eigenvalue weighted by Crippen LogP contribution is 2.50. The van der Waals surface area contributed by atoms with Gasteiger partial charge in [0, 0.05) is 8.95 Å². The monoisotopic (exact) mass is 734 g/mol. The van der Waals surface area contributed by atoms with Crippen molar-refractivity contribution >= 4 is 53.4 Å². The Morgan fingerprint density at radius 3 is 1.53 bits per heavy atom. The van der Waals surface area contributed by atoms with E-state index in [4.69, 9.17) is 4.74 Å². The van der Waals surface area contributed by atoms with Gasteiger partial charge in [-0.1, -0.05) is 81.8 Å². The van der Waals surface area contributed by atoms with Crippen LogP contribution in [0.2, 0.25) is 0 Å². The van der Waals surface area contributed by atoms with E-state index in [1.54, 1.807) is 12.1 Å². The zero-order valence-corrected chi connectivity index (χ0v) is 29.6. The van der Waals surface area contributed by atoms with Crippen LogP contribution < -0.4 is 4.74 Å². The number of aliphatic hydroxyl groups is 1. The molecule has 0 amide bonds. The van der Waals surface area contributed by atoms with Gasteiger partial charge in [-0.3, -0.25) is 0 Å². The average molecular weight is 737 g/mol. The maximum atomic E-state index is 9.35. The number of phenols is 1. The smallest absolute Gasteiger partial charge is 0.120 e. The van der Waals surface area contributed by atoms with Gasteiger partial charge in [0.1, 0.15) is 11.5 Å². The Kier molecular flexibility index (Phi) is 10.8. The van der Waals surface area contributed by atoms with E-state index in [2.05, 4.69) is 68.3 Å². The van der Waals surface area contributed by atoms with Crippen LogP contribution in [0, 0.1) is 10.8 Å². The van der Waals surface area contributed by atoms with Crippen LogP contribution >= 0.6 is 31.9 Å². The molecule has 0 saturated heterocycles. The molecule has 8 rings (SSSR count). The molecule has 45 heavy (non-hydrogen) atoms. The first-order chi connectivity index (χ1) is 21.8. The zero-order valence-electron chi connectivity index (χ0n) is 26.5. The fourth-order valence-corrected chi connectivity index (χ4v) is 9.21. The van der Waals surface area contributed by atoms with E-state index in [1.165, 1.54) is 101 Å². The number of phenolic OH excluding ortho intramolecular Hbond substituents is 1. The molecule has 0 bridgehead atoms. The number of hydrogen-bond donors (Lipinski definition) is 2. The second-order valence-electron chi connectivity index (χ2n) is 14.3. The molecule has 4 aromatic rings. The lowest BCUT2D eigenvalue weighted by Crippen LogP contribution is -2.30. The van der Waals surface area contributed by atoms with Gasteiger partial charge < -0.3 is 14.9 Å². The van der Waals surface area contributed by atoms with Crippen LogP contribution in [0.4, 0.5) is 0 Å². The van der Waals surface area contributed by atoms with Gasteiger partial charge in [0.05, 0.1) is 12.2 Å². The summed E-state index contributed by atoms with van der Waals surface area (Å²) in [4.78, 5) is 0. The fourth-order valence-electron chi connectivity index (χ4n) is 8.45. The van der Waals surface area contributed by atoms with Crippen LogP contribution in [0.1, 0.15) is 103 Å². The Morgan fingerprint density at radius 2 is 0.978 bits per heavy atom. The van der Waals surface area contributed by atoms with E-state index in [9.17, 15) is 10.2 Å². The first kappa shape index (κ1) is 32.8. The van der Waals surface area contributed by atoms with Crippen molar-refractivity contribution in [3.8, 4) is 11.5 Å². The second kappa shape index (κ2) is 14.8. The van der Waals surface area contributed by atoms with Gasteiger partial charge in [-0.25, -0.2) is 0 Å². The van der Waals surface area contributed by atoms with Gasteiger partial charge in [-0.05, 0) is 158 Å². The SMILES string of the molecule is Brc1ccc2cc(OC3CCC4(CCCC4)CC3)ccc2c1.OC1CCC2(CCCC2)CC1.Oc1ccc2cc(Br)ccc2c1. The fraction of sp³-hybridized carbons (Fsp3) is 0.500. The minimum Gasteiger partial charge on any atom is -0.508 e. The predicted octanol–water partition coefficient (Wildman–Crippen LogP) is 12.3. The van der Waals surface area contributed by atoms with Crippen molar-refractivity contribution in [2.24, 2.45) is 10.8 Å². The summed E-state index contributed by atoms with van der Waals surface area (Å²) in [5, 5.41) is 23.2. The molecule has 0 unspecified atom stereocenters. The number of halogens is 2.